The lowest BCUT2D eigenvalue weighted by Gasteiger charge is -2.33. The summed E-state index contributed by atoms with van der Waals surface area (Å²) in [4.78, 5) is 14.4. The van der Waals surface area contributed by atoms with Crippen LogP contribution in [-0.2, 0) is 4.79 Å². The predicted octanol–water partition coefficient (Wildman–Crippen LogP) is 3.02. The molecule has 0 aliphatic carbocycles. The fourth-order valence-electron chi connectivity index (χ4n) is 3.37. The Balaban J connectivity index is 1.87. The van der Waals surface area contributed by atoms with Crippen LogP contribution in [0.5, 0.6) is 0 Å². The molecule has 2 saturated heterocycles. The standard InChI is InChI=1S/C17H24N2OS/c1-12-5-6-13(2)14(9-12)16-18-10-15(20)19(16)11-17(3)7-4-8-21-17/h5-6,9,16,18H,4,7-8,10-11H2,1-3H3. The van der Waals surface area contributed by atoms with Crippen LogP contribution in [0.2, 0.25) is 0 Å². The predicted molar refractivity (Wildman–Crippen MR) is 88.5 cm³/mol. The van der Waals surface area contributed by atoms with Crippen molar-refractivity contribution in [3.8, 4) is 0 Å². The molecule has 0 radical (unpaired) electrons. The van der Waals surface area contributed by atoms with Crippen LogP contribution in [-0.4, -0.2) is 34.4 Å². The van der Waals surface area contributed by atoms with E-state index in [-0.39, 0.29) is 16.8 Å². The van der Waals surface area contributed by atoms with Crippen LogP contribution in [0, 0.1) is 13.8 Å². The fraction of sp³-hybridized carbons (Fsp3) is 0.588. The van der Waals surface area contributed by atoms with E-state index in [2.05, 4.69) is 49.2 Å². The van der Waals surface area contributed by atoms with Crippen molar-refractivity contribution >= 4 is 17.7 Å². The van der Waals surface area contributed by atoms with Gasteiger partial charge in [0.25, 0.3) is 0 Å². The van der Waals surface area contributed by atoms with Crippen LogP contribution in [0.15, 0.2) is 18.2 Å². The molecule has 3 nitrogen and oxygen atoms in total. The summed E-state index contributed by atoms with van der Waals surface area (Å²) in [6.07, 6.45) is 2.52. The van der Waals surface area contributed by atoms with Gasteiger partial charge < -0.3 is 4.90 Å². The molecule has 3 rings (SSSR count). The van der Waals surface area contributed by atoms with Crippen LogP contribution in [0.25, 0.3) is 0 Å². The number of nitrogens with one attached hydrogen (secondary N) is 1. The second-order valence-electron chi connectivity index (χ2n) is 6.57. The normalized spacial score (nSPS) is 29.4. The van der Waals surface area contributed by atoms with E-state index in [0.29, 0.717) is 6.54 Å². The number of rotatable bonds is 3. The van der Waals surface area contributed by atoms with Gasteiger partial charge in [-0.3, -0.25) is 10.1 Å². The second-order valence-corrected chi connectivity index (χ2v) is 8.25. The Labute approximate surface area is 131 Å². The lowest BCUT2D eigenvalue weighted by atomic mass is 10.0. The summed E-state index contributed by atoms with van der Waals surface area (Å²) in [5, 5.41) is 3.40. The van der Waals surface area contributed by atoms with E-state index in [1.807, 2.05) is 11.8 Å². The van der Waals surface area contributed by atoms with Crippen molar-refractivity contribution in [1.29, 1.82) is 0 Å². The number of carbonyl (C=O) groups excluding carboxylic acids is 1. The van der Waals surface area contributed by atoms with Crippen molar-refractivity contribution in [2.24, 2.45) is 0 Å². The van der Waals surface area contributed by atoms with Gasteiger partial charge in [0.15, 0.2) is 0 Å². The number of carbonyl (C=O) groups is 1. The molecule has 2 heterocycles. The van der Waals surface area contributed by atoms with Gasteiger partial charge in [-0.05, 0) is 50.5 Å². The molecule has 2 atom stereocenters. The summed E-state index contributed by atoms with van der Waals surface area (Å²) in [5.74, 6) is 1.45. The Kier molecular flexibility index (Phi) is 4.02. The first-order valence-corrected chi connectivity index (χ1v) is 8.71. The zero-order valence-electron chi connectivity index (χ0n) is 13.1. The van der Waals surface area contributed by atoms with Gasteiger partial charge in [-0.25, -0.2) is 0 Å². The number of benzene rings is 1. The zero-order chi connectivity index (χ0) is 15.0. The van der Waals surface area contributed by atoms with Gasteiger partial charge in [0, 0.05) is 11.3 Å². The number of hydrogen-bond acceptors (Lipinski definition) is 3. The largest absolute Gasteiger partial charge is 0.320 e. The monoisotopic (exact) mass is 304 g/mol. The molecule has 2 aliphatic rings. The Morgan fingerprint density at radius 2 is 2.24 bits per heavy atom. The highest BCUT2D eigenvalue weighted by Gasteiger charge is 2.39. The van der Waals surface area contributed by atoms with E-state index in [4.69, 9.17) is 0 Å². The first-order chi connectivity index (χ1) is 9.98. The molecule has 4 heteroatoms. The zero-order valence-corrected chi connectivity index (χ0v) is 13.9. The highest BCUT2D eigenvalue weighted by Crippen LogP contribution is 2.40. The van der Waals surface area contributed by atoms with Crippen molar-refractivity contribution in [3.05, 3.63) is 34.9 Å². The van der Waals surface area contributed by atoms with Gasteiger partial charge in [0.1, 0.15) is 6.17 Å². The van der Waals surface area contributed by atoms with Gasteiger partial charge in [-0.15, -0.1) is 0 Å². The van der Waals surface area contributed by atoms with Crippen LogP contribution >= 0.6 is 11.8 Å². The molecule has 0 saturated carbocycles. The van der Waals surface area contributed by atoms with Gasteiger partial charge in [0.05, 0.1) is 6.54 Å². The summed E-state index contributed by atoms with van der Waals surface area (Å²) >= 11 is 2.02. The summed E-state index contributed by atoms with van der Waals surface area (Å²) in [5.41, 5.74) is 3.74. The summed E-state index contributed by atoms with van der Waals surface area (Å²) < 4.78 is 0.220. The molecular weight excluding hydrogens is 280 g/mol. The molecule has 2 unspecified atom stereocenters. The maximum absolute atomic E-state index is 12.3. The highest BCUT2D eigenvalue weighted by molar-refractivity contribution is 8.00. The summed E-state index contributed by atoms with van der Waals surface area (Å²) in [6, 6.07) is 6.50. The Morgan fingerprint density at radius 3 is 2.95 bits per heavy atom. The Bertz CT molecular complexity index is 552. The molecular formula is C17H24N2OS. The lowest BCUT2D eigenvalue weighted by molar-refractivity contribution is -0.128. The third kappa shape index (κ3) is 2.97. The molecule has 0 spiro atoms. The molecule has 21 heavy (non-hydrogen) atoms. The number of amides is 1. The minimum atomic E-state index is 0.0374. The second kappa shape index (κ2) is 5.65. The third-order valence-electron chi connectivity index (χ3n) is 4.61. The van der Waals surface area contributed by atoms with Crippen LogP contribution < -0.4 is 5.32 Å². The van der Waals surface area contributed by atoms with Gasteiger partial charge in [-0.2, -0.15) is 11.8 Å². The number of aryl methyl sites for hydroxylation is 2. The molecule has 1 amide bonds. The smallest absolute Gasteiger partial charge is 0.238 e. The van der Waals surface area contributed by atoms with Crippen molar-refractivity contribution in [1.82, 2.24) is 10.2 Å². The quantitative estimate of drug-likeness (QED) is 0.931. The first kappa shape index (κ1) is 14.9. The first-order valence-electron chi connectivity index (χ1n) is 7.72. The summed E-state index contributed by atoms with van der Waals surface area (Å²) in [7, 11) is 0. The fourth-order valence-corrected chi connectivity index (χ4v) is 4.67. The van der Waals surface area contributed by atoms with Crippen molar-refractivity contribution in [3.63, 3.8) is 0 Å². The minimum Gasteiger partial charge on any atom is -0.320 e. The average molecular weight is 304 g/mol. The summed E-state index contributed by atoms with van der Waals surface area (Å²) in [6.45, 7) is 7.85. The van der Waals surface area contributed by atoms with E-state index in [0.717, 1.165) is 6.54 Å². The Hall–Kier alpha value is -1.00. The van der Waals surface area contributed by atoms with Gasteiger partial charge in [0.2, 0.25) is 5.91 Å². The SMILES string of the molecule is Cc1ccc(C)c(C2NCC(=O)N2CC2(C)CCCS2)c1. The number of nitrogens with zero attached hydrogens (tertiary/aromatic N) is 1. The average Bonchev–Trinajstić information content (AvgIpc) is 3.01. The van der Waals surface area contributed by atoms with Crippen molar-refractivity contribution < 1.29 is 4.79 Å². The molecule has 2 aliphatic heterocycles. The van der Waals surface area contributed by atoms with E-state index < -0.39 is 0 Å². The third-order valence-corrected chi connectivity index (χ3v) is 6.14. The van der Waals surface area contributed by atoms with E-state index >= 15 is 0 Å². The van der Waals surface area contributed by atoms with Gasteiger partial charge in [-0.1, -0.05) is 23.8 Å². The maximum Gasteiger partial charge on any atom is 0.238 e. The Morgan fingerprint density at radius 1 is 1.43 bits per heavy atom. The highest BCUT2D eigenvalue weighted by atomic mass is 32.2. The van der Waals surface area contributed by atoms with Crippen LogP contribution in [0.4, 0.5) is 0 Å². The molecule has 2 fully saturated rings. The molecule has 1 N–H and O–H groups in total. The lowest BCUT2D eigenvalue weighted by Crippen LogP contribution is -2.40. The molecule has 1 aromatic rings. The maximum atomic E-state index is 12.3. The van der Waals surface area contributed by atoms with E-state index in [1.54, 1.807) is 0 Å². The minimum absolute atomic E-state index is 0.0374. The molecule has 114 valence electrons. The van der Waals surface area contributed by atoms with Crippen LogP contribution in [0.3, 0.4) is 0 Å². The van der Waals surface area contributed by atoms with E-state index in [1.165, 1.54) is 35.3 Å². The molecule has 1 aromatic carbocycles. The van der Waals surface area contributed by atoms with Crippen molar-refractivity contribution in [2.75, 3.05) is 18.8 Å². The topological polar surface area (TPSA) is 32.3 Å². The van der Waals surface area contributed by atoms with E-state index in [9.17, 15) is 4.79 Å². The molecule has 0 aromatic heterocycles. The number of thioether (sulfide) groups is 1. The molecule has 0 bridgehead atoms. The van der Waals surface area contributed by atoms with Crippen molar-refractivity contribution in [2.45, 2.75) is 44.5 Å². The van der Waals surface area contributed by atoms with Gasteiger partial charge >= 0.3 is 0 Å². The number of hydrogen-bond donors (Lipinski definition) is 1. The van der Waals surface area contributed by atoms with Crippen LogP contribution in [0.1, 0.15) is 42.6 Å².